The zero-order valence-electron chi connectivity index (χ0n) is 9.64. The second kappa shape index (κ2) is 4.31. The summed E-state index contributed by atoms with van der Waals surface area (Å²) in [5.41, 5.74) is 0. The van der Waals surface area contributed by atoms with E-state index < -0.39 is 0 Å². The van der Waals surface area contributed by atoms with Gasteiger partial charge in [0.15, 0.2) is 0 Å². The first-order valence-corrected chi connectivity index (χ1v) is 5.63. The molecule has 3 unspecified atom stereocenters. The van der Waals surface area contributed by atoms with Gasteiger partial charge in [-0.1, -0.05) is 0 Å². The van der Waals surface area contributed by atoms with Crippen LogP contribution >= 0.6 is 0 Å². The summed E-state index contributed by atoms with van der Waals surface area (Å²) in [6, 6.07) is 0.00125. The standard InChI is InChI=1S/C11H17NO4/c1-7(13)16-10-5-8-3-4-9(10)12(6-8)11(14)15-2/h8-10H,3-6H2,1-2H3. The van der Waals surface area contributed by atoms with Crippen LogP contribution in [0.15, 0.2) is 0 Å². The molecule has 1 amide bonds. The van der Waals surface area contributed by atoms with Gasteiger partial charge >= 0.3 is 12.1 Å². The molecule has 3 rings (SSSR count). The molecule has 2 heterocycles. The Labute approximate surface area is 94.7 Å². The molecule has 0 spiro atoms. The van der Waals surface area contributed by atoms with Crippen molar-refractivity contribution in [3.8, 4) is 0 Å². The Kier molecular flexibility index (Phi) is 3.03. The summed E-state index contributed by atoms with van der Waals surface area (Å²) < 4.78 is 10.0. The Bertz CT molecular complexity index is 304. The highest BCUT2D eigenvalue weighted by molar-refractivity contribution is 5.69. The number of carbonyl (C=O) groups is 2. The Morgan fingerprint density at radius 3 is 2.62 bits per heavy atom. The van der Waals surface area contributed by atoms with Gasteiger partial charge in [0.25, 0.3) is 0 Å². The number of fused-ring (bicyclic) bond motifs is 3. The summed E-state index contributed by atoms with van der Waals surface area (Å²) in [6.45, 7) is 2.14. The minimum absolute atomic E-state index is 0.00125. The zero-order chi connectivity index (χ0) is 11.7. The molecule has 0 aromatic carbocycles. The Morgan fingerprint density at radius 2 is 2.06 bits per heavy atom. The average Bonchev–Trinajstić information content (AvgIpc) is 2.27. The molecule has 5 nitrogen and oxygen atoms in total. The third-order valence-electron chi connectivity index (χ3n) is 3.45. The lowest BCUT2D eigenvalue weighted by Crippen LogP contribution is -2.58. The summed E-state index contributed by atoms with van der Waals surface area (Å²) in [5, 5.41) is 0. The number of ether oxygens (including phenoxy) is 2. The molecule has 5 heteroatoms. The average molecular weight is 227 g/mol. The second-order valence-corrected chi connectivity index (χ2v) is 4.52. The van der Waals surface area contributed by atoms with E-state index in [4.69, 9.17) is 9.47 Å². The van der Waals surface area contributed by atoms with E-state index in [1.54, 1.807) is 4.90 Å². The number of rotatable bonds is 1. The van der Waals surface area contributed by atoms with Crippen LogP contribution in [0.1, 0.15) is 26.2 Å². The molecular weight excluding hydrogens is 210 g/mol. The summed E-state index contributed by atoms with van der Waals surface area (Å²) in [7, 11) is 1.38. The predicted molar refractivity (Wildman–Crippen MR) is 55.8 cm³/mol. The number of piperidine rings is 2. The Balaban J connectivity index is 2.08. The van der Waals surface area contributed by atoms with Crippen LogP contribution in [0.2, 0.25) is 0 Å². The van der Waals surface area contributed by atoms with Gasteiger partial charge in [-0.2, -0.15) is 0 Å². The van der Waals surface area contributed by atoms with E-state index in [2.05, 4.69) is 0 Å². The van der Waals surface area contributed by atoms with Crippen molar-refractivity contribution < 1.29 is 19.1 Å². The van der Waals surface area contributed by atoms with Gasteiger partial charge in [-0.3, -0.25) is 4.79 Å². The summed E-state index contributed by atoms with van der Waals surface area (Å²) in [6.07, 6.45) is 2.42. The first kappa shape index (κ1) is 11.2. The normalized spacial score (nSPS) is 32.4. The quantitative estimate of drug-likeness (QED) is 0.631. The van der Waals surface area contributed by atoms with E-state index in [0.717, 1.165) is 25.8 Å². The Hall–Kier alpha value is -1.26. The molecule has 3 atom stereocenters. The molecule has 1 saturated carbocycles. The van der Waals surface area contributed by atoms with Gasteiger partial charge < -0.3 is 14.4 Å². The van der Waals surface area contributed by atoms with Crippen LogP contribution in [-0.4, -0.2) is 42.8 Å². The van der Waals surface area contributed by atoms with Gasteiger partial charge in [0.05, 0.1) is 13.2 Å². The van der Waals surface area contributed by atoms with Gasteiger partial charge in [-0.25, -0.2) is 4.79 Å². The maximum Gasteiger partial charge on any atom is 0.409 e. The van der Waals surface area contributed by atoms with E-state index in [0.29, 0.717) is 5.92 Å². The van der Waals surface area contributed by atoms with Gasteiger partial charge in [0.2, 0.25) is 0 Å². The number of hydrogen-bond donors (Lipinski definition) is 0. The van der Waals surface area contributed by atoms with Gasteiger partial charge in [-0.05, 0) is 25.2 Å². The highest BCUT2D eigenvalue weighted by Gasteiger charge is 2.44. The van der Waals surface area contributed by atoms with Gasteiger partial charge in [-0.15, -0.1) is 0 Å². The molecule has 2 saturated heterocycles. The third kappa shape index (κ3) is 1.99. The third-order valence-corrected chi connectivity index (χ3v) is 3.45. The van der Waals surface area contributed by atoms with Crippen LogP contribution in [0, 0.1) is 5.92 Å². The SMILES string of the molecule is COC(=O)N1CC2CCC1C(OC(C)=O)C2. The van der Waals surface area contributed by atoms with Crippen molar-refractivity contribution in [2.75, 3.05) is 13.7 Å². The molecule has 0 aromatic rings. The van der Waals surface area contributed by atoms with Crippen LogP contribution in [-0.2, 0) is 14.3 Å². The minimum Gasteiger partial charge on any atom is -0.460 e. The topological polar surface area (TPSA) is 55.8 Å². The lowest BCUT2D eigenvalue weighted by molar-refractivity contribution is -0.157. The van der Waals surface area contributed by atoms with E-state index >= 15 is 0 Å². The number of esters is 1. The van der Waals surface area contributed by atoms with E-state index in [1.807, 2.05) is 0 Å². The number of amides is 1. The van der Waals surface area contributed by atoms with Crippen LogP contribution in [0.3, 0.4) is 0 Å². The van der Waals surface area contributed by atoms with E-state index in [1.165, 1.54) is 14.0 Å². The summed E-state index contributed by atoms with van der Waals surface area (Å²) in [5.74, 6) is 0.163. The van der Waals surface area contributed by atoms with E-state index in [-0.39, 0.29) is 24.2 Å². The van der Waals surface area contributed by atoms with Crippen molar-refractivity contribution in [2.45, 2.75) is 38.3 Å². The molecule has 90 valence electrons. The van der Waals surface area contributed by atoms with Crippen molar-refractivity contribution in [2.24, 2.45) is 5.92 Å². The van der Waals surface area contributed by atoms with Crippen LogP contribution in [0.5, 0.6) is 0 Å². The second-order valence-electron chi connectivity index (χ2n) is 4.52. The summed E-state index contributed by atoms with van der Waals surface area (Å²) in [4.78, 5) is 24.2. The highest BCUT2D eigenvalue weighted by Crippen LogP contribution is 2.37. The molecule has 3 aliphatic rings. The highest BCUT2D eigenvalue weighted by atomic mass is 16.6. The fraction of sp³-hybridized carbons (Fsp3) is 0.818. The zero-order valence-corrected chi connectivity index (χ0v) is 9.64. The lowest BCUT2D eigenvalue weighted by atomic mass is 9.78. The van der Waals surface area contributed by atoms with Crippen LogP contribution in [0.25, 0.3) is 0 Å². The van der Waals surface area contributed by atoms with E-state index in [9.17, 15) is 9.59 Å². The number of carbonyl (C=O) groups excluding carboxylic acids is 2. The first-order valence-electron chi connectivity index (χ1n) is 5.63. The minimum atomic E-state index is -0.313. The number of methoxy groups -OCH3 is 1. The molecule has 0 N–H and O–H groups in total. The van der Waals surface area contributed by atoms with Crippen LogP contribution < -0.4 is 0 Å². The van der Waals surface area contributed by atoms with Crippen LogP contribution in [0.4, 0.5) is 4.79 Å². The molecule has 1 aliphatic carbocycles. The first-order chi connectivity index (χ1) is 7.61. The van der Waals surface area contributed by atoms with Gasteiger partial charge in [0, 0.05) is 13.5 Å². The predicted octanol–water partition coefficient (Wildman–Crippen LogP) is 1.17. The maximum atomic E-state index is 11.6. The molecule has 16 heavy (non-hydrogen) atoms. The van der Waals surface area contributed by atoms with Crippen molar-refractivity contribution in [1.82, 2.24) is 4.90 Å². The fourth-order valence-electron chi connectivity index (χ4n) is 2.80. The lowest BCUT2D eigenvalue weighted by Gasteiger charge is -2.48. The molecule has 2 bridgehead atoms. The van der Waals surface area contributed by atoms with Crippen molar-refractivity contribution >= 4 is 12.1 Å². The van der Waals surface area contributed by atoms with Crippen molar-refractivity contribution in [1.29, 1.82) is 0 Å². The molecular formula is C11H17NO4. The molecule has 3 fully saturated rings. The molecule has 0 radical (unpaired) electrons. The summed E-state index contributed by atoms with van der Waals surface area (Å²) >= 11 is 0. The van der Waals surface area contributed by atoms with Crippen molar-refractivity contribution in [3.05, 3.63) is 0 Å². The molecule has 2 aliphatic heterocycles. The van der Waals surface area contributed by atoms with Gasteiger partial charge in [0.1, 0.15) is 6.10 Å². The Morgan fingerprint density at radius 1 is 1.31 bits per heavy atom. The molecule has 0 aromatic heterocycles. The maximum absolute atomic E-state index is 11.6. The fourth-order valence-corrected chi connectivity index (χ4v) is 2.80. The smallest absolute Gasteiger partial charge is 0.409 e. The largest absolute Gasteiger partial charge is 0.460 e. The number of hydrogen-bond acceptors (Lipinski definition) is 4. The number of nitrogens with zero attached hydrogens (tertiary/aromatic N) is 1. The monoisotopic (exact) mass is 227 g/mol. The van der Waals surface area contributed by atoms with Crippen molar-refractivity contribution in [3.63, 3.8) is 0 Å².